The van der Waals surface area contributed by atoms with Gasteiger partial charge in [0.15, 0.2) is 0 Å². The zero-order chi connectivity index (χ0) is 20.3. The van der Waals surface area contributed by atoms with Gasteiger partial charge in [0.05, 0.1) is 25.1 Å². The average Bonchev–Trinajstić information content (AvgIpc) is 2.79. The third-order valence-electron chi connectivity index (χ3n) is 6.54. The van der Waals surface area contributed by atoms with Gasteiger partial charge in [-0.15, -0.1) is 0 Å². The molecule has 1 aliphatic heterocycles. The van der Waals surface area contributed by atoms with E-state index in [4.69, 9.17) is 4.98 Å². The first-order chi connectivity index (χ1) is 14.7. The molecule has 1 aromatic heterocycles. The van der Waals surface area contributed by atoms with Gasteiger partial charge >= 0.3 is 0 Å². The fourth-order valence-corrected chi connectivity index (χ4v) is 5.16. The number of benzene rings is 3. The second-order valence-corrected chi connectivity index (χ2v) is 8.53. The summed E-state index contributed by atoms with van der Waals surface area (Å²) in [7, 11) is 4.59. The topological polar surface area (TPSA) is 12.9 Å². The van der Waals surface area contributed by atoms with Crippen molar-refractivity contribution in [3.8, 4) is 0 Å². The monoisotopic (exact) mass is 387 g/mol. The second kappa shape index (κ2) is 6.25. The van der Waals surface area contributed by atoms with E-state index in [1.165, 1.54) is 44.4 Å². The summed E-state index contributed by atoms with van der Waals surface area (Å²) in [5, 5.41) is 2.43. The predicted molar refractivity (Wildman–Crippen MR) is 127 cm³/mol. The molecular weight excluding hydrogens is 364 g/mol. The highest BCUT2D eigenvalue weighted by molar-refractivity contribution is 6.11. The molecular formula is C28H23N2+. The van der Waals surface area contributed by atoms with E-state index >= 15 is 0 Å². The molecule has 0 amide bonds. The molecule has 0 saturated heterocycles. The molecule has 3 aromatic carbocycles. The van der Waals surface area contributed by atoms with Gasteiger partial charge in [-0.05, 0) is 30.7 Å². The van der Waals surface area contributed by atoms with Crippen LogP contribution in [0, 0.1) is 0 Å². The molecule has 0 spiro atoms. The Kier molecular flexibility index (Phi) is 3.62. The van der Waals surface area contributed by atoms with Crippen LogP contribution in [0.15, 0.2) is 102 Å². The molecule has 0 saturated carbocycles. The Hall–Kier alpha value is -3.49. The first-order valence-electron chi connectivity index (χ1n) is 10.5. The first kappa shape index (κ1) is 17.4. The SMILES string of the molecule is C[N+]1(C)C2=CC=CCC2=C(c2c3ccccc3nc3ccccc23)c2ccccc21. The molecule has 30 heavy (non-hydrogen) atoms. The van der Waals surface area contributed by atoms with Crippen LogP contribution < -0.4 is 4.48 Å². The summed E-state index contributed by atoms with van der Waals surface area (Å²) in [5.74, 6) is 0. The maximum absolute atomic E-state index is 4.97. The number of para-hydroxylation sites is 3. The van der Waals surface area contributed by atoms with Gasteiger partial charge in [0.1, 0.15) is 11.4 Å². The van der Waals surface area contributed by atoms with E-state index in [2.05, 4.69) is 105 Å². The van der Waals surface area contributed by atoms with Crippen molar-refractivity contribution >= 4 is 33.1 Å². The van der Waals surface area contributed by atoms with Gasteiger partial charge in [-0.1, -0.05) is 60.7 Å². The summed E-state index contributed by atoms with van der Waals surface area (Å²) in [6.45, 7) is 0. The van der Waals surface area contributed by atoms with Crippen LogP contribution in [-0.2, 0) is 0 Å². The molecule has 2 heteroatoms. The molecule has 2 aliphatic rings. The Morgan fingerprint density at radius 2 is 1.40 bits per heavy atom. The normalized spacial score (nSPS) is 17.1. The molecule has 0 fully saturated rings. The molecule has 0 atom stereocenters. The lowest BCUT2D eigenvalue weighted by Crippen LogP contribution is -2.43. The van der Waals surface area contributed by atoms with Gasteiger partial charge in [0.25, 0.3) is 0 Å². The maximum Gasteiger partial charge on any atom is 0.145 e. The van der Waals surface area contributed by atoms with Crippen molar-refractivity contribution in [2.75, 3.05) is 14.1 Å². The Bertz CT molecular complexity index is 1380. The van der Waals surface area contributed by atoms with Crippen LogP contribution in [0.5, 0.6) is 0 Å². The van der Waals surface area contributed by atoms with Crippen LogP contribution in [-0.4, -0.2) is 19.1 Å². The zero-order valence-corrected chi connectivity index (χ0v) is 17.3. The Morgan fingerprint density at radius 3 is 2.13 bits per heavy atom. The van der Waals surface area contributed by atoms with E-state index in [9.17, 15) is 0 Å². The Balaban J connectivity index is 1.84. The lowest BCUT2D eigenvalue weighted by molar-refractivity contribution is 0.493. The predicted octanol–water partition coefficient (Wildman–Crippen LogP) is 6.61. The molecule has 2 nitrogen and oxygen atoms in total. The number of allylic oxidation sites excluding steroid dienone is 4. The van der Waals surface area contributed by atoms with Crippen LogP contribution in [0.3, 0.4) is 0 Å². The highest BCUT2D eigenvalue weighted by Crippen LogP contribution is 2.50. The molecule has 0 unspecified atom stereocenters. The van der Waals surface area contributed by atoms with Crippen molar-refractivity contribution in [3.63, 3.8) is 0 Å². The molecule has 6 rings (SSSR count). The van der Waals surface area contributed by atoms with Gasteiger partial charge in [0.2, 0.25) is 0 Å². The third-order valence-corrected chi connectivity index (χ3v) is 6.54. The minimum absolute atomic E-state index is 0.764. The van der Waals surface area contributed by atoms with Crippen LogP contribution in [0.2, 0.25) is 0 Å². The first-order valence-corrected chi connectivity index (χ1v) is 10.5. The number of nitrogens with zero attached hydrogens (tertiary/aromatic N) is 2. The summed E-state index contributed by atoms with van der Waals surface area (Å²) in [4.78, 5) is 4.97. The highest BCUT2D eigenvalue weighted by atomic mass is 15.3. The average molecular weight is 388 g/mol. The van der Waals surface area contributed by atoms with Gasteiger partial charge in [0, 0.05) is 39.1 Å². The van der Waals surface area contributed by atoms with Crippen molar-refractivity contribution in [3.05, 3.63) is 113 Å². The Morgan fingerprint density at radius 1 is 0.767 bits per heavy atom. The number of rotatable bonds is 1. The summed E-state index contributed by atoms with van der Waals surface area (Å²) in [5.41, 5.74) is 10.2. The van der Waals surface area contributed by atoms with E-state index in [1.807, 2.05) is 0 Å². The van der Waals surface area contributed by atoms with Crippen LogP contribution in [0.1, 0.15) is 17.5 Å². The van der Waals surface area contributed by atoms with Crippen LogP contribution in [0.25, 0.3) is 27.4 Å². The van der Waals surface area contributed by atoms with E-state index < -0.39 is 0 Å². The van der Waals surface area contributed by atoms with Crippen molar-refractivity contribution in [1.29, 1.82) is 0 Å². The molecule has 1 aliphatic carbocycles. The van der Waals surface area contributed by atoms with E-state index in [0.717, 1.165) is 21.9 Å². The molecule has 144 valence electrons. The quantitative estimate of drug-likeness (QED) is 0.264. The molecule has 0 bridgehead atoms. The maximum atomic E-state index is 4.97. The van der Waals surface area contributed by atoms with E-state index in [0.29, 0.717) is 0 Å². The summed E-state index contributed by atoms with van der Waals surface area (Å²) in [6.07, 6.45) is 7.72. The number of fused-ring (bicyclic) bond motifs is 4. The molecule has 0 N–H and O–H groups in total. The lowest BCUT2D eigenvalue weighted by atomic mass is 9.80. The number of quaternary nitrogens is 1. The van der Waals surface area contributed by atoms with Crippen molar-refractivity contribution in [2.45, 2.75) is 6.42 Å². The lowest BCUT2D eigenvalue weighted by Gasteiger charge is -2.40. The third kappa shape index (κ3) is 2.31. The smallest absolute Gasteiger partial charge is 0.145 e. The van der Waals surface area contributed by atoms with Crippen molar-refractivity contribution < 1.29 is 0 Å². The largest absolute Gasteiger partial charge is 0.263 e. The Labute approximate surface area is 176 Å². The number of hydrogen-bond donors (Lipinski definition) is 0. The van der Waals surface area contributed by atoms with Gasteiger partial charge in [-0.2, -0.15) is 0 Å². The van der Waals surface area contributed by atoms with Crippen LogP contribution >= 0.6 is 0 Å². The second-order valence-electron chi connectivity index (χ2n) is 8.53. The number of hydrogen-bond acceptors (Lipinski definition) is 1. The van der Waals surface area contributed by atoms with Gasteiger partial charge < -0.3 is 0 Å². The fourth-order valence-electron chi connectivity index (χ4n) is 5.16. The van der Waals surface area contributed by atoms with E-state index in [1.54, 1.807) is 0 Å². The number of pyridine rings is 1. The minimum Gasteiger partial charge on any atom is -0.263 e. The molecule has 4 aromatic rings. The van der Waals surface area contributed by atoms with Crippen molar-refractivity contribution in [1.82, 2.24) is 9.47 Å². The zero-order valence-electron chi connectivity index (χ0n) is 17.3. The highest BCUT2D eigenvalue weighted by Gasteiger charge is 2.39. The molecule has 2 heterocycles. The van der Waals surface area contributed by atoms with Crippen molar-refractivity contribution in [2.24, 2.45) is 0 Å². The van der Waals surface area contributed by atoms with Gasteiger partial charge in [-0.3, -0.25) is 4.48 Å². The summed E-state index contributed by atoms with van der Waals surface area (Å²) >= 11 is 0. The van der Waals surface area contributed by atoms with Crippen LogP contribution in [0.4, 0.5) is 5.69 Å². The van der Waals surface area contributed by atoms with Gasteiger partial charge in [-0.25, -0.2) is 4.98 Å². The fraction of sp³-hybridized carbons (Fsp3) is 0.107. The summed E-state index contributed by atoms with van der Waals surface area (Å²) in [6, 6.07) is 26.0. The number of likely N-dealkylation sites (N-methyl/N-ethyl adjacent to an activating group) is 1. The van der Waals surface area contributed by atoms with E-state index in [-0.39, 0.29) is 0 Å². The minimum atomic E-state index is 0.764. The standard InChI is InChI=1S/C28H23N2/c1-30(2)25-17-9-5-13-21(25)28(22-14-6-10-18-26(22)30)27-19-11-3-7-15-23(19)29-24-16-8-4-12-20(24)27/h3-13,15-18H,14H2,1-2H3/q+1. The summed E-state index contributed by atoms with van der Waals surface area (Å²) < 4.78 is 0.764. The molecule has 0 radical (unpaired) electrons. The number of aromatic nitrogens is 1.